The van der Waals surface area contributed by atoms with Crippen LogP contribution in [0.5, 0.6) is 5.75 Å². The van der Waals surface area contributed by atoms with E-state index in [9.17, 15) is 23.9 Å². The van der Waals surface area contributed by atoms with Crippen molar-refractivity contribution < 1.29 is 28.6 Å². The fourth-order valence-electron chi connectivity index (χ4n) is 5.04. The van der Waals surface area contributed by atoms with Gasteiger partial charge in [-0.1, -0.05) is 24.3 Å². The molecule has 3 aromatic rings. The van der Waals surface area contributed by atoms with Gasteiger partial charge in [0.15, 0.2) is 0 Å². The first-order valence-electron chi connectivity index (χ1n) is 13.7. The predicted molar refractivity (Wildman–Crippen MR) is 151 cm³/mol. The summed E-state index contributed by atoms with van der Waals surface area (Å²) in [5.74, 6) is -0.565. The molecular formula is C31H33FN4O5. The molecule has 3 amide bonds. The first-order valence-corrected chi connectivity index (χ1v) is 13.7. The standard InChI is InChI=1S/C31H33FN4O5/c1-18(25-10-9-24(41-2)14-20(25)6-5-19-3-4-19)34-31(40)28-15-23(37)17-36(28)29(38)16-33-30(39)27-11-7-21-13-22(32)8-12-26(21)35-27/h5-14,18-19,23,28,37H,3-4,15-17H2,1-2H3,(H,33,39)(H,34,40)/b6-5+/t18-,23-,28+/m1/s1. The number of carbonyl (C=O) groups excluding carboxylic acids is 3. The second kappa shape index (κ2) is 12.1. The number of carbonyl (C=O) groups is 3. The highest BCUT2D eigenvalue weighted by molar-refractivity contribution is 5.97. The molecule has 1 aromatic heterocycles. The van der Waals surface area contributed by atoms with Gasteiger partial charge in [0, 0.05) is 18.4 Å². The van der Waals surface area contributed by atoms with Crippen molar-refractivity contribution in [2.45, 2.75) is 44.4 Å². The number of amides is 3. The molecule has 2 aromatic carbocycles. The van der Waals surface area contributed by atoms with Crippen LogP contribution >= 0.6 is 0 Å². The molecular weight excluding hydrogens is 527 g/mol. The first kappa shape index (κ1) is 28.2. The minimum absolute atomic E-state index is 0.0150. The number of β-amino-alcohol motifs (C(OH)–C–C–N with tert-alkyl or cyclic N) is 1. The first-order chi connectivity index (χ1) is 19.7. The summed E-state index contributed by atoms with van der Waals surface area (Å²) in [6.07, 6.45) is 5.81. The van der Waals surface area contributed by atoms with Gasteiger partial charge in [0.1, 0.15) is 23.3 Å². The zero-order valence-electron chi connectivity index (χ0n) is 23.0. The number of nitrogens with one attached hydrogen (secondary N) is 2. The number of allylic oxidation sites excluding steroid dienone is 1. The third-order valence-corrected chi connectivity index (χ3v) is 7.48. The van der Waals surface area contributed by atoms with Crippen molar-refractivity contribution in [1.29, 1.82) is 0 Å². The summed E-state index contributed by atoms with van der Waals surface area (Å²) in [5, 5.41) is 16.4. The summed E-state index contributed by atoms with van der Waals surface area (Å²) in [6.45, 7) is 1.48. The molecule has 10 heteroatoms. The maximum Gasteiger partial charge on any atom is 0.270 e. The minimum atomic E-state index is -0.880. The Hall–Kier alpha value is -4.31. The zero-order chi connectivity index (χ0) is 29.1. The third kappa shape index (κ3) is 6.71. The summed E-state index contributed by atoms with van der Waals surface area (Å²) in [4.78, 5) is 44.6. The molecule has 2 aliphatic rings. The van der Waals surface area contributed by atoms with Crippen LogP contribution in [0.25, 0.3) is 17.0 Å². The van der Waals surface area contributed by atoms with E-state index in [0.29, 0.717) is 22.6 Å². The SMILES string of the molecule is COc1ccc([C@@H](C)NC(=O)[C@@H]2C[C@@H](O)CN2C(=O)CNC(=O)c2ccc3cc(F)ccc3n2)c(/C=C/C2CC2)c1. The van der Waals surface area contributed by atoms with Crippen molar-refractivity contribution in [3.63, 3.8) is 0 Å². The molecule has 3 N–H and O–H groups in total. The maximum absolute atomic E-state index is 13.4. The number of pyridine rings is 1. The van der Waals surface area contributed by atoms with E-state index in [1.165, 1.54) is 42.0 Å². The number of aliphatic hydroxyl groups is 1. The molecule has 2 heterocycles. The van der Waals surface area contributed by atoms with Crippen molar-refractivity contribution in [2.75, 3.05) is 20.2 Å². The van der Waals surface area contributed by atoms with Crippen molar-refractivity contribution >= 4 is 34.7 Å². The number of fused-ring (bicyclic) bond motifs is 1. The molecule has 3 atom stereocenters. The van der Waals surface area contributed by atoms with Crippen LogP contribution in [0.15, 0.2) is 54.6 Å². The fraction of sp³-hybridized carbons (Fsp3) is 0.355. The second-order valence-electron chi connectivity index (χ2n) is 10.6. The van der Waals surface area contributed by atoms with Crippen LogP contribution in [0.3, 0.4) is 0 Å². The number of hydrogen-bond acceptors (Lipinski definition) is 6. The Bertz CT molecular complexity index is 1510. The largest absolute Gasteiger partial charge is 0.497 e. The van der Waals surface area contributed by atoms with Gasteiger partial charge in [-0.2, -0.15) is 0 Å². The lowest BCUT2D eigenvalue weighted by Crippen LogP contribution is -2.49. The summed E-state index contributed by atoms with van der Waals surface area (Å²) in [6, 6.07) is 11.5. The van der Waals surface area contributed by atoms with Gasteiger partial charge in [0.05, 0.1) is 31.3 Å². The summed E-state index contributed by atoms with van der Waals surface area (Å²) >= 11 is 0. The van der Waals surface area contributed by atoms with Crippen LogP contribution in [0.4, 0.5) is 4.39 Å². The molecule has 0 unspecified atom stereocenters. The van der Waals surface area contributed by atoms with Crippen molar-refractivity contribution in [2.24, 2.45) is 5.92 Å². The summed E-state index contributed by atoms with van der Waals surface area (Å²) < 4.78 is 18.8. The number of aromatic nitrogens is 1. The molecule has 1 aliphatic heterocycles. The summed E-state index contributed by atoms with van der Waals surface area (Å²) in [5.41, 5.74) is 2.37. The van der Waals surface area contributed by atoms with E-state index in [2.05, 4.69) is 27.8 Å². The van der Waals surface area contributed by atoms with Crippen molar-refractivity contribution in [3.8, 4) is 5.75 Å². The molecule has 0 spiro atoms. The molecule has 214 valence electrons. The molecule has 1 saturated heterocycles. The number of likely N-dealkylation sites (tertiary alicyclic amines) is 1. The number of ether oxygens (including phenoxy) is 1. The highest BCUT2D eigenvalue weighted by Gasteiger charge is 2.39. The van der Waals surface area contributed by atoms with Gasteiger partial charge in [-0.25, -0.2) is 9.37 Å². The fourth-order valence-corrected chi connectivity index (χ4v) is 5.04. The monoisotopic (exact) mass is 560 g/mol. The Kier molecular flexibility index (Phi) is 8.30. The zero-order valence-corrected chi connectivity index (χ0v) is 23.0. The Morgan fingerprint density at radius 1 is 1.17 bits per heavy atom. The lowest BCUT2D eigenvalue weighted by molar-refractivity contribution is -0.138. The van der Waals surface area contributed by atoms with Gasteiger partial charge < -0.3 is 25.4 Å². The molecule has 9 nitrogen and oxygen atoms in total. The molecule has 5 rings (SSSR count). The van der Waals surface area contributed by atoms with Gasteiger partial charge in [-0.3, -0.25) is 14.4 Å². The van der Waals surface area contributed by atoms with Crippen LogP contribution in [-0.4, -0.2) is 65.1 Å². The van der Waals surface area contributed by atoms with Gasteiger partial charge in [-0.05, 0) is 73.2 Å². The van der Waals surface area contributed by atoms with Crippen LogP contribution < -0.4 is 15.4 Å². The number of rotatable bonds is 9. The number of benzene rings is 2. The average Bonchev–Trinajstić information content (AvgIpc) is 3.72. The van der Waals surface area contributed by atoms with Crippen LogP contribution in [0, 0.1) is 11.7 Å². The van der Waals surface area contributed by atoms with E-state index < -0.39 is 29.8 Å². The molecule has 0 radical (unpaired) electrons. The van der Waals surface area contributed by atoms with Gasteiger partial charge in [-0.15, -0.1) is 0 Å². The number of halogens is 1. The number of methoxy groups -OCH3 is 1. The van der Waals surface area contributed by atoms with Crippen molar-refractivity contribution in [1.82, 2.24) is 20.5 Å². The topological polar surface area (TPSA) is 121 Å². The molecule has 41 heavy (non-hydrogen) atoms. The number of nitrogens with zero attached hydrogens (tertiary/aromatic N) is 2. The minimum Gasteiger partial charge on any atom is -0.497 e. The molecule has 1 aliphatic carbocycles. The van der Waals surface area contributed by atoms with E-state index in [-0.39, 0.29) is 37.2 Å². The Labute approximate surface area is 237 Å². The van der Waals surface area contributed by atoms with E-state index in [1.807, 2.05) is 25.1 Å². The van der Waals surface area contributed by atoms with Gasteiger partial charge >= 0.3 is 0 Å². The third-order valence-electron chi connectivity index (χ3n) is 7.48. The van der Waals surface area contributed by atoms with E-state index in [1.54, 1.807) is 13.2 Å². The lowest BCUT2D eigenvalue weighted by Gasteiger charge is -2.26. The molecule has 2 fully saturated rings. The second-order valence-corrected chi connectivity index (χ2v) is 10.6. The maximum atomic E-state index is 13.4. The number of aliphatic hydroxyl groups excluding tert-OH is 1. The lowest BCUT2D eigenvalue weighted by atomic mass is 9.99. The number of hydrogen-bond donors (Lipinski definition) is 3. The van der Waals surface area contributed by atoms with E-state index in [0.717, 1.165) is 11.1 Å². The van der Waals surface area contributed by atoms with Crippen LogP contribution in [0.2, 0.25) is 0 Å². The van der Waals surface area contributed by atoms with Crippen LogP contribution in [0.1, 0.15) is 53.8 Å². The normalized spacial score (nSPS) is 19.4. The van der Waals surface area contributed by atoms with Gasteiger partial charge in [0.25, 0.3) is 5.91 Å². The molecule has 1 saturated carbocycles. The smallest absolute Gasteiger partial charge is 0.270 e. The highest BCUT2D eigenvalue weighted by atomic mass is 19.1. The van der Waals surface area contributed by atoms with Crippen molar-refractivity contribution in [3.05, 3.63) is 77.2 Å². The Morgan fingerprint density at radius 3 is 2.73 bits per heavy atom. The quantitative estimate of drug-likeness (QED) is 0.369. The Morgan fingerprint density at radius 2 is 1.98 bits per heavy atom. The summed E-state index contributed by atoms with van der Waals surface area (Å²) in [7, 11) is 1.61. The van der Waals surface area contributed by atoms with Crippen LogP contribution in [-0.2, 0) is 9.59 Å². The van der Waals surface area contributed by atoms with E-state index >= 15 is 0 Å². The predicted octanol–water partition coefficient (Wildman–Crippen LogP) is 3.37. The average molecular weight is 561 g/mol. The van der Waals surface area contributed by atoms with Gasteiger partial charge in [0.2, 0.25) is 11.8 Å². The highest BCUT2D eigenvalue weighted by Crippen LogP contribution is 2.32. The molecule has 0 bridgehead atoms. The van der Waals surface area contributed by atoms with E-state index in [4.69, 9.17) is 4.74 Å². The Balaban J connectivity index is 1.22.